The first-order chi connectivity index (χ1) is 19.8. The van der Waals surface area contributed by atoms with E-state index >= 15 is 0 Å². The van der Waals surface area contributed by atoms with Crippen LogP contribution >= 0.6 is 7.82 Å². The highest BCUT2D eigenvalue weighted by Gasteiger charge is 2.25. The molecule has 0 radical (unpaired) electrons. The molecule has 0 fully saturated rings. The molecule has 0 amide bonds. The molecule has 0 aromatic heterocycles. The van der Waals surface area contributed by atoms with Crippen LogP contribution in [0.5, 0.6) is 0 Å². The van der Waals surface area contributed by atoms with Crippen molar-refractivity contribution in [3.63, 3.8) is 0 Å². The van der Waals surface area contributed by atoms with Crippen LogP contribution in [0.2, 0.25) is 0 Å². The molecule has 0 saturated heterocycles. The zero-order valence-electron chi connectivity index (χ0n) is 26.3. The van der Waals surface area contributed by atoms with Gasteiger partial charge >= 0.3 is 19.8 Å². The topological polar surface area (TPSA) is 134 Å². The van der Waals surface area contributed by atoms with Gasteiger partial charge in [0.05, 0.1) is 13.2 Å². The van der Waals surface area contributed by atoms with Gasteiger partial charge in [0.25, 0.3) is 0 Å². The number of rotatable bonds is 31. The van der Waals surface area contributed by atoms with Gasteiger partial charge in [0.1, 0.15) is 6.61 Å². The Hall–Kier alpha value is -0.990. The minimum absolute atomic E-state index is 0.0573. The van der Waals surface area contributed by atoms with Gasteiger partial charge in [0, 0.05) is 19.4 Å². The van der Waals surface area contributed by atoms with Crippen LogP contribution in [0.1, 0.15) is 155 Å². The van der Waals surface area contributed by atoms with Crippen LogP contribution in [-0.2, 0) is 32.7 Å². The third-order valence-electron chi connectivity index (χ3n) is 6.99. The molecule has 9 nitrogen and oxygen atoms in total. The van der Waals surface area contributed by atoms with E-state index in [1.807, 2.05) is 0 Å². The Bertz CT molecular complexity index is 664. The molecule has 0 spiro atoms. The lowest BCUT2D eigenvalue weighted by Crippen LogP contribution is -2.29. The molecule has 0 saturated carbocycles. The first kappa shape index (κ1) is 40.0. The molecule has 2 atom stereocenters. The van der Waals surface area contributed by atoms with Gasteiger partial charge in [-0.15, -0.1) is 0 Å². The number of carbonyl (C=O) groups is 2. The number of esters is 2. The third-order valence-corrected chi connectivity index (χ3v) is 7.98. The van der Waals surface area contributed by atoms with Crippen LogP contribution in [0, 0.1) is 0 Å². The van der Waals surface area contributed by atoms with Crippen molar-refractivity contribution in [3.8, 4) is 0 Å². The van der Waals surface area contributed by atoms with Gasteiger partial charge in [-0.25, -0.2) is 4.57 Å². The smallest absolute Gasteiger partial charge is 0.462 e. The summed E-state index contributed by atoms with van der Waals surface area (Å²) in [6, 6.07) is 0. The van der Waals surface area contributed by atoms with Crippen LogP contribution in [0.4, 0.5) is 0 Å². The predicted molar refractivity (Wildman–Crippen MR) is 165 cm³/mol. The number of unbranched alkanes of at least 4 members (excludes halogenated alkanes) is 18. The molecule has 0 aliphatic carbocycles. The van der Waals surface area contributed by atoms with Crippen molar-refractivity contribution in [3.05, 3.63) is 0 Å². The molecule has 3 N–H and O–H groups in total. The first-order valence-corrected chi connectivity index (χ1v) is 18.0. The normalized spacial score (nSPS) is 13.6. The summed E-state index contributed by atoms with van der Waals surface area (Å²) in [6.45, 7) is 3.69. The second kappa shape index (κ2) is 29.1. The summed E-state index contributed by atoms with van der Waals surface area (Å²) in [7, 11) is -4.35. The Morgan fingerprint density at radius 3 is 1.49 bits per heavy atom. The minimum Gasteiger partial charge on any atom is -0.462 e. The van der Waals surface area contributed by atoms with Crippen LogP contribution in [-0.4, -0.2) is 49.3 Å². The highest BCUT2D eigenvalue weighted by atomic mass is 31.2. The van der Waals surface area contributed by atoms with Crippen molar-refractivity contribution >= 4 is 19.8 Å². The van der Waals surface area contributed by atoms with E-state index < -0.39 is 26.5 Å². The Morgan fingerprint density at radius 2 is 1.05 bits per heavy atom. The Kier molecular flexibility index (Phi) is 28.4. The fraction of sp³-hybridized carbons (Fsp3) is 0.935. The Balaban J connectivity index is 4.29. The van der Waals surface area contributed by atoms with Gasteiger partial charge in [-0.05, 0) is 12.8 Å². The molecule has 41 heavy (non-hydrogen) atoms. The first-order valence-electron chi connectivity index (χ1n) is 16.5. The van der Waals surface area contributed by atoms with Gasteiger partial charge in [-0.1, -0.05) is 129 Å². The number of phosphoric acid groups is 1. The molecule has 0 heterocycles. The second-order valence-corrected chi connectivity index (χ2v) is 12.5. The largest absolute Gasteiger partial charge is 0.472 e. The summed E-state index contributed by atoms with van der Waals surface area (Å²) in [5.41, 5.74) is 5.30. The fourth-order valence-corrected chi connectivity index (χ4v) is 5.28. The van der Waals surface area contributed by atoms with E-state index in [9.17, 15) is 19.0 Å². The van der Waals surface area contributed by atoms with E-state index in [2.05, 4.69) is 13.8 Å². The van der Waals surface area contributed by atoms with Crippen molar-refractivity contribution in [2.24, 2.45) is 5.73 Å². The van der Waals surface area contributed by atoms with E-state index in [0.717, 1.165) is 32.1 Å². The van der Waals surface area contributed by atoms with Crippen LogP contribution in [0.15, 0.2) is 0 Å². The van der Waals surface area contributed by atoms with Crippen molar-refractivity contribution in [2.75, 3.05) is 26.4 Å². The maximum absolute atomic E-state index is 12.4. The summed E-state index contributed by atoms with van der Waals surface area (Å²) in [6.07, 6.45) is 22.8. The molecule has 0 aromatic rings. The van der Waals surface area contributed by atoms with Crippen LogP contribution in [0.25, 0.3) is 0 Å². The molecule has 1 unspecified atom stereocenters. The van der Waals surface area contributed by atoms with Crippen LogP contribution < -0.4 is 5.73 Å². The van der Waals surface area contributed by atoms with Gasteiger partial charge in [0.2, 0.25) is 0 Å². The maximum Gasteiger partial charge on any atom is 0.472 e. The lowest BCUT2D eigenvalue weighted by molar-refractivity contribution is -0.161. The van der Waals surface area contributed by atoms with E-state index in [1.54, 1.807) is 0 Å². The molecule has 0 aliphatic rings. The Labute approximate surface area is 250 Å². The number of hydrogen-bond acceptors (Lipinski definition) is 8. The van der Waals surface area contributed by atoms with Crippen molar-refractivity contribution in [2.45, 2.75) is 161 Å². The number of nitrogens with two attached hydrogens (primary N) is 1. The molecular formula is C31H62NO8P. The highest BCUT2D eigenvalue weighted by molar-refractivity contribution is 7.47. The van der Waals surface area contributed by atoms with Crippen molar-refractivity contribution in [1.82, 2.24) is 0 Å². The number of carbonyl (C=O) groups excluding carboxylic acids is 2. The zero-order valence-corrected chi connectivity index (χ0v) is 27.2. The Morgan fingerprint density at radius 1 is 0.634 bits per heavy atom. The standard InChI is InChI=1S/C31H62NO8P/c1-3-5-7-9-11-13-15-17-19-21-23-30(33)37-27-29(28-39-41(35,36)38-26-25-32)40-31(34)24-22-20-18-16-14-12-10-8-6-4-2/h29H,3-28,32H2,1-2H3,(H,35,36)/t29-/m0/s1. The summed E-state index contributed by atoms with van der Waals surface area (Å²) < 4.78 is 32.4. The van der Waals surface area contributed by atoms with Crippen LogP contribution in [0.3, 0.4) is 0 Å². The molecule has 244 valence electrons. The van der Waals surface area contributed by atoms with Gasteiger partial charge in [0.15, 0.2) is 6.10 Å². The molecule has 0 aromatic carbocycles. The molecule has 0 bridgehead atoms. The summed E-state index contributed by atoms with van der Waals surface area (Å²) in [5, 5.41) is 0. The average Bonchev–Trinajstić information content (AvgIpc) is 2.95. The monoisotopic (exact) mass is 607 g/mol. The molecule has 10 heteroatoms. The molecular weight excluding hydrogens is 545 g/mol. The van der Waals surface area contributed by atoms with E-state index in [0.29, 0.717) is 6.42 Å². The van der Waals surface area contributed by atoms with E-state index in [-0.39, 0.29) is 38.6 Å². The predicted octanol–water partition coefficient (Wildman–Crippen LogP) is 8.16. The lowest BCUT2D eigenvalue weighted by atomic mass is 10.1. The summed E-state index contributed by atoms with van der Waals surface area (Å²) in [5.74, 6) is -0.827. The SMILES string of the molecule is CCCCCCCCCCCCC(=O)OC[C@@H](COP(=O)(O)OCCN)OC(=O)CCCCCCCCCCCC. The van der Waals surface area contributed by atoms with Crippen molar-refractivity contribution < 1.29 is 37.6 Å². The van der Waals surface area contributed by atoms with E-state index in [4.69, 9.17) is 24.3 Å². The number of hydrogen-bond donors (Lipinski definition) is 2. The van der Waals surface area contributed by atoms with Gasteiger partial charge in [-0.3, -0.25) is 18.6 Å². The van der Waals surface area contributed by atoms with Gasteiger partial charge < -0.3 is 20.1 Å². The second-order valence-electron chi connectivity index (χ2n) is 11.0. The average molecular weight is 608 g/mol. The lowest BCUT2D eigenvalue weighted by Gasteiger charge is -2.19. The van der Waals surface area contributed by atoms with Crippen molar-refractivity contribution in [1.29, 1.82) is 0 Å². The quantitative estimate of drug-likeness (QED) is 0.0454. The maximum atomic E-state index is 12.4. The highest BCUT2D eigenvalue weighted by Crippen LogP contribution is 2.43. The number of ether oxygens (including phenoxy) is 2. The third kappa shape index (κ3) is 28.9. The summed E-state index contributed by atoms with van der Waals surface area (Å²) in [4.78, 5) is 34.4. The van der Waals surface area contributed by atoms with E-state index in [1.165, 1.54) is 89.9 Å². The zero-order chi connectivity index (χ0) is 30.4. The molecule has 0 rings (SSSR count). The minimum atomic E-state index is -4.35. The molecule has 0 aliphatic heterocycles. The number of phosphoric ester groups is 1. The fourth-order valence-electron chi connectivity index (χ4n) is 4.52. The van der Waals surface area contributed by atoms with Gasteiger partial charge in [-0.2, -0.15) is 0 Å². The summed E-state index contributed by atoms with van der Waals surface area (Å²) >= 11 is 0.